The summed E-state index contributed by atoms with van der Waals surface area (Å²) in [4.78, 5) is 0. The van der Waals surface area contributed by atoms with Crippen molar-refractivity contribution in [3.63, 3.8) is 0 Å². The Morgan fingerprint density at radius 3 is 3.00 bits per heavy atom. The van der Waals surface area contributed by atoms with Crippen LogP contribution in [0.1, 0.15) is 13.3 Å². The highest BCUT2D eigenvalue weighted by molar-refractivity contribution is 6.23. The van der Waals surface area contributed by atoms with Crippen molar-refractivity contribution in [2.75, 3.05) is 0 Å². The smallest absolute Gasteiger partial charge is 0.0703 e. The Kier molecular flexibility index (Phi) is 2.76. The van der Waals surface area contributed by atoms with E-state index in [1.807, 2.05) is 18.2 Å². The van der Waals surface area contributed by atoms with Crippen LogP contribution in [0.3, 0.4) is 0 Å². The third-order valence-corrected chi connectivity index (χ3v) is 1.80. The summed E-state index contributed by atoms with van der Waals surface area (Å²) < 4.78 is 0. The van der Waals surface area contributed by atoms with Crippen LogP contribution in [0.4, 0.5) is 0 Å². The molecule has 0 N–H and O–H groups in total. The molecule has 0 heterocycles. The molecule has 10 heavy (non-hydrogen) atoms. The fourth-order valence-corrected chi connectivity index (χ4v) is 1.01. The minimum absolute atomic E-state index is 0.0697. The topological polar surface area (TPSA) is 0 Å². The summed E-state index contributed by atoms with van der Waals surface area (Å²) in [7, 11) is 0. The largest absolute Gasteiger partial charge is 0.114 e. The van der Waals surface area contributed by atoms with Gasteiger partial charge in [0.2, 0.25) is 0 Å². The normalized spacial score (nSPS) is 24.2. The molecule has 0 aliphatic heterocycles. The van der Waals surface area contributed by atoms with Crippen LogP contribution in [0.2, 0.25) is 0 Å². The second-order valence-corrected chi connectivity index (χ2v) is 2.79. The molecular formula is C9H11Cl. The average molecular weight is 155 g/mol. The Balaban J connectivity index is 2.71. The minimum atomic E-state index is 0.0697. The predicted molar refractivity (Wildman–Crippen MR) is 46.3 cm³/mol. The number of alkyl halides is 1. The first kappa shape index (κ1) is 7.62. The van der Waals surface area contributed by atoms with Crippen LogP contribution in [0.5, 0.6) is 0 Å². The maximum atomic E-state index is 5.84. The van der Waals surface area contributed by atoms with E-state index >= 15 is 0 Å². The van der Waals surface area contributed by atoms with Crippen molar-refractivity contribution in [3.05, 3.63) is 36.0 Å². The molecule has 0 saturated heterocycles. The number of halogens is 1. The molecule has 0 fully saturated rings. The first-order valence-corrected chi connectivity index (χ1v) is 3.96. The summed E-state index contributed by atoms with van der Waals surface area (Å²) in [6, 6.07) is 0. The molecule has 1 heteroatoms. The Bertz CT molecular complexity index is 187. The summed E-state index contributed by atoms with van der Waals surface area (Å²) in [5.41, 5.74) is 1.33. The number of hydrogen-bond acceptors (Lipinski definition) is 0. The lowest BCUT2D eigenvalue weighted by Gasteiger charge is -1.91. The van der Waals surface area contributed by atoms with Gasteiger partial charge in [-0.3, -0.25) is 0 Å². The van der Waals surface area contributed by atoms with E-state index in [1.165, 1.54) is 5.57 Å². The molecule has 0 amide bonds. The van der Waals surface area contributed by atoms with E-state index < -0.39 is 0 Å². The molecule has 0 aromatic carbocycles. The Morgan fingerprint density at radius 2 is 2.30 bits per heavy atom. The van der Waals surface area contributed by atoms with E-state index in [0.29, 0.717) is 0 Å². The van der Waals surface area contributed by atoms with Crippen molar-refractivity contribution in [1.29, 1.82) is 0 Å². The summed E-state index contributed by atoms with van der Waals surface area (Å²) in [6.45, 7) is 2.14. The zero-order chi connectivity index (χ0) is 7.40. The zero-order valence-electron chi connectivity index (χ0n) is 6.05. The molecule has 0 spiro atoms. The van der Waals surface area contributed by atoms with Crippen molar-refractivity contribution in [2.45, 2.75) is 18.7 Å². The van der Waals surface area contributed by atoms with Crippen molar-refractivity contribution in [3.8, 4) is 0 Å². The monoisotopic (exact) mass is 154 g/mol. The van der Waals surface area contributed by atoms with Crippen LogP contribution >= 0.6 is 11.6 Å². The van der Waals surface area contributed by atoms with Crippen LogP contribution < -0.4 is 0 Å². The number of allylic oxidation sites excluding steroid dienone is 6. The molecule has 0 aromatic rings. The Morgan fingerprint density at radius 1 is 1.50 bits per heavy atom. The Hall–Kier alpha value is -0.490. The van der Waals surface area contributed by atoms with Crippen LogP contribution in [-0.4, -0.2) is 5.38 Å². The molecule has 1 unspecified atom stereocenters. The van der Waals surface area contributed by atoms with Gasteiger partial charge in [0.15, 0.2) is 0 Å². The van der Waals surface area contributed by atoms with E-state index in [9.17, 15) is 0 Å². The highest BCUT2D eigenvalue weighted by atomic mass is 35.5. The van der Waals surface area contributed by atoms with Crippen molar-refractivity contribution >= 4 is 11.6 Å². The van der Waals surface area contributed by atoms with Crippen LogP contribution in [0.25, 0.3) is 0 Å². The third-order valence-electron chi connectivity index (χ3n) is 1.51. The molecule has 0 aromatic heterocycles. The average Bonchev–Trinajstić information content (AvgIpc) is 2.14. The van der Waals surface area contributed by atoms with Crippen molar-refractivity contribution in [2.24, 2.45) is 0 Å². The number of rotatable bonds is 1. The van der Waals surface area contributed by atoms with Gasteiger partial charge in [0.1, 0.15) is 0 Å². The van der Waals surface area contributed by atoms with E-state index in [2.05, 4.69) is 19.1 Å². The van der Waals surface area contributed by atoms with Gasteiger partial charge in [-0.05, 0) is 12.0 Å². The SMILES string of the molecule is CCC1=CC=CC(Cl)C=C1. The highest BCUT2D eigenvalue weighted by Gasteiger charge is 1.95. The molecule has 0 nitrogen and oxygen atoms in total. The van der Waals surface area contributed by atoms with Gasteiger partial charge in [0.05, 0.1) is 5.38 Å². The maximum Gasteiger partial charge on any atom is 0.0703 e. The van der Waals surface area contributed by atoms with Crippen molar-refractivity contribution in [1.82, 2.24) is 0 Å². The van der Waals surface area contributed by atoms with Gasteiger partial charge in [0, 0.05) is 0 Å². The lowest BCUT2D eigenvalue weighted by molar-refractivity contribution is 1.15. The summed E-state index contributed by atoms with van der Waals surface area (Å²) in [5, 5.41) is 0.0697. The summed E-state index contributed by atoms with van der Waals surface area (Å²) in [6.07, 6.45) is 11.2. The third kappa shape index (κ3) is 2.03. The van der Waals surface area contributed by atoms with Gasteiger partial charge in [-0.2, -0.15) is 0 Å². The molecule has 0 bridgehead atoms. The Labute approximate surface area is 66.9 Å². The van der Waals surface area contributed by atoms with Crippen LogP contribution in [0.15, 0.2) is 36.0 Å². The summed E-state index contributed by atoms with van der Waals surface area (Å²) in [5.74, 6) is 0. The highest BCUT2D eigenvalue weighted by Crippen LogP contribution is 2.11. The van der Waals surface area contributed by atoms with E-state index in [0.717, 1.165) is 6.42 Å². The predicted octanol–water partition coefficient (Wildman–Crippen LogP) is 3.06. The molecular weight excluding hydrogens is 144 g/mol. The van der Waals surface area contributed by atoms with Gasteiger partial charge in [-0.15, -0.1) is 11.6 Å². The number of hydrogen-bond donors (Lipinski definition) is 0. The molecule has 54 valence electrons. The molecule has 1 aliphatic carbocycles. The lowest BCUT2D eigenvalue weighted by Crippen LogP contribution is -1.82. The standard InChI is InChI=1S/C9H11Cl/c1-2-8-4-3-5-9(10)7-6-8/h3-7,9H,2H2,1H3. The fraction of sp³-hybridized carbons (Fsp3) is 0.333. The maximum absolute atomic E-state index is 5.84. The first-order valence-electron chi connectivity index (χ1n) is 3.52. The lowest BCUT2D eigenvalue weighted by atomic mass is 10.2. The van der Waals surface area contributed by atoms with Gasteiger partial charge in [-0.25, -0.2) is 0 Å². The molecule has 1 rings (SSSR count). The van der Waals surface area contributed by atoms with Gasteiger partial charge in [0.25, 0.3) is 0 Å². The molecule has 1 atom stereocenters. The van der Waals surface area contributed by atoms with Gasteiger partial charge >= 0.3 is 0 Å². The first-order chi connectivity index (χ1) is 4.83. The second kappa shape index (κ2) is 3.62. The second-order valence-electron chi connectivity index (χ2n) is 2.28. The van der Waals surface area contributed by atoms with E-state index in [4.69, 9.17) is 11.6 Å². The van der Waals surface area contributed by atoms with Crippen LogP contribution in [-0.2, 0) is 0 Å². The van der Waals surface area contributed by atoms with Gasteiger partial charge < -0.3 is 0 Å². The fourth-order valence-electron chi connectivity index (χ4n) is 0.856. The molecule has 0 radical (unpaired) electrons. The molecule has 0 saturated carbocycles. The van der Waals surface area contributed by atoms with E-state index in [-0.39, 0.29) is 5.38 Å². The van der Waals surface area contributed by atoms with E-state index in [1.54, 1.807) is 0 Å². The van der Waals surface area contributed by atoms with Crippen LogP contribution in [0, 0.1) is 0 Å². The zero-order valence-corrected chi connectivity index (χ0v) is 6.81. The summed E-state index contributed by atoms with van der Waals surface area (Å²) >= 11 is 5.84. The quantitative estimate of drug-likeness (QED) is 0.510. The minimum Gasteiger partial charge on any atom is -0.114 e. The van der Waals surface area contributed by atoms with Gasteiger partial charge in [-0.1, -0.05) is 37.3 Å². The molecule has 1 aliphatic rings. The van der Waals surface area contributed by atoms with Crippen molar-refractivity contribution < 1.29 is 0 Å².